The molecule has 1 N–H and O–H groups in total. The van der Waals surface area contributed by atoms with E-state index in [0.717, 1.165) is 20.9 Å². The van der Waals surface area contributed by atoms with Gasteiger partial charge in [-0.15, -0.1) is 0 Å². The molecule has 2 aromatic rings. The van der Waals surface area contributed by atoms with Gasteiger partial charge in [-0.2, -0.15) is 0 Å². The highest BCUT2D eigenvalue weighted by Gasteiger charge is 2.26. The van der Waals surface area contributed by atoms with E-state index in [0.29, 0.717) is 0 Å². The molecule has 0 heterocycles. The lowest BCUT2D eigenvalue weighted by molar-refractivity contribution is -0.133. The standard InChI is InChI=1S/C15H16BrNO2/c1-15(2,19-3)14(18)17-13-7-5-10-8-12(16)6-4-11(10)9-13/h4-9H,1-3H3,(H,17,18). The Morgan fingerprint density at radius 3 is 2.47 bits per heavy atom. The zero-order valence-corrected chi connectivity index (χ0v) is 12.7. The summed E-state index contributed by atoms with van der Waals surface area (Å²) in [5.41, 5.74) is -0.0701. The minimum atomic E-state index is -0.839. The number of rotatable bonds is 3. The van der Waals surface area contributed by atoms with Gasteiger partial charge in [-0.25, -0.2) is 0 Å². The molecule has 0 saturated heterocycles. The van der Waals surface area contributed by atoms with Crippen molar-refractivity contribution in [3.05, 3.63) is 40.9 Å². The average Bonchev–Trinajstić information content (AvgIpc) is 2.38. The van der Waals surface area contributed by atoms with E-state index in [1.54, 1.807) is 13.8 Å². The molecule has 100 valence electrons. The van der Waals surface area contributed by atoms with Crippen LogP contribution < -0.4 is 5.32 Å². The van der Waals surface area contributed by atoms with Crippen molar-refractivity contribution in [1.82, 2.24) is 0 Å². The predicted molar refractivity (Wildman–Crippen MR) is 81.4 cm³/mol. The first kappa shape index (κ1) is 14.0. The highest BCUT2D eigenvalue weighted by Crippen LogP contribution is 2.23. The van der Waals surface area contributed by atoms with Crippen molar-refractivity contribution in [2.45, 2.75) is 19.4 Å². The van der Waals surface area contributed by atoms with Crippen LogP contribution in [0.15, 0.2) is 40.9 Å². The quantitative estimate of drug-likeness (QED) is 0.929. The Hall–Kier alpha value is -1.39. The average molecular weight is 322 g/mol. The molecule has 0 atom stereocenters. The van der Waals surface area contributed by atoms with Crippen molar-refractivity contribution in [3.8, 4) is 0 Å². The highest BCUT2D eigenvalue weighted by atomic mass is 79.9. The number of methoxy groups -OCH3 is 1. The summed E-state index contributed by atoms with van der Waals surface area (Å²) in [6.07, 6.45) is 0. The van der Waals surface area contributed by atoms with Crippen LogP contribution in [-0.4, -0.2) is 18.6 Å². The highest BCUT2D eigenvalue weighted by molar-refractivity contribution is 9.10. The molecule has 3 nitrogen and oxygen atoms in total. The number of benzene rings is 2. The molecule has 0 unspecified atom stereocenters. The second kappa shape index (κ2) is 5.31. The fourth-order valence-corrected chi connectivity index (χ4v) is 2.05. The molecule has 19 heavy (non-hydrogen) atoms. The van der Waals surface area contributed by atoms with E-state index < -0.39 is 5.60 Å². The van der Waals surface area contributed by atoms with E-state index >= 15 is 0 Å². The van der Waals surface area contributed by atoms with Crippen LogP contribution in [0.5, 0.6) is 0 Å². The Kier molecular flexibility index (Phi) is 3.92. The SMILES string of the molecule is COC(C)(C)C(=O)Nc1ccc2cc(Br)ccc2c1. The maximum atomic E-state index is 12.0. The molecular weight excluding hydrogens is 306 g/mol. The van der Waals surface area contributed by atoms with Crippen LogP contribution in [-0.2, 0) is 9.53 Å². The Bertz CT molecular complexity index is 623. The van der Waals surface area contributed by atoms with E-state index in [9.17, 15) is 4.79 Å². The van der Waals surface area contributed by atoms with E-state index in [-0.39, 0.29) is 5.91 Å². The lowest BCUT2D eigenvalue weighted by Crippen LogP contribution is -2.38. The second-order valence-corrected chi connectivity index (χ2v) is 5.79. The monoisotopic (exact) mass is 321 g/mol. The van der Waals surface area contributed by atoms with Crippen LogP contribution in [0.3, 0.4) is 0 Å². The number of amides is 1. The molecule has 0 fully saturated rings. The maximum Gasteiger partial charge on any atom is 0.256 e. The molecule has 0 aliphatic carbocycles. The number of hydrogen-bond acceptors (Lipinski definition) is 2. The van der Waals surface area contributed by atoms with Crippen LogP contribution in [0.4, 0.5) is 5.69 Å². The van der Waals surface area contributed by atoms with Crippen molar-refractivity contribution in [2.75, 3.05) is 12.4 Å². The van der Waals surface area contributed by atoms with Gasteiger partial charge in [0, 0.05) is 17.3 Å². The minimum absolute atomic E-state index is 0.161. The number of nitrogens with one attached hydrogen (secondary N) is 1. The summed E-state index contributed by atoms with van der Waals surface area (Å²) >= 11 is 3.44. The van der Waals surface area contributed by atoms with Gasteiger partial charge in [0.2, 0.25) is 0 Å². The van der Waals surface area contributed by atoms with Gasteiger partial charge in [0.1, 0.15) is 5.60 Å². The Labute approximate surface area is 121 Å². The number of fused-ring (bicyclic) bond motifs is 1. The first-order valence-corrected chi connectivity index (χ1v) is 6.77. The molecule has 0 bridgehead atoms. The zero-order chi connectivity index (χ0) is 14.0. The van der Waals surface area contributed by atoms with Crippen LogP contribution in [0.2, 0.25) is 0 Å². The number of carbonyl (C=O) groups is 1. The fourth-order valence-electron chi connectivity index (χ4n) is 1.67. The lowest BCUT2D eigenvalue weighted by atomic mass is 10.1. The van der Waals surface area contributed by atoms with Crippen molar-refractivity contribution < 1.29 is 9.53 Å². The minimum Gasteiger partial charge on any atom is -0.369 e. The van der Waals surface area contributed by atoms with Gasteiger partial charge in [0.15, 0.2) is 0 Å². The van der Waals surface area contributed by atoms with Crippen LogP contribution in [0, 0.1) is 0 Å². The summed E-state index contributed by atoms with van der Waals surface area (Å²) in [7, 11) is 1.53. The molecule has 0 spiro atoms. The van der Waals surface area contributed by atoms with Crippen LogP contribution in [0.25, 0.3) is 10.8 Å². The third-order valence-corrected chi connectivity index (χ3v) is 3.61. The molecule has 0 aliphatic rings. The van der Waals surface area contributed by atoms with Gasteiger partial charge in [0.25, 0.3) is 5.91 Å². The number of anilines is 1. The first-order chi connectivity index (χ1) is 8.92. The Balaban J connectivity index is 2.27. The third kappa shape index (κ3) is 3.14. The molecule has 2 aromatic carbocycles. The predicted octanol–water partition coefficient (Wildman–Crippen LogP) is 3.97. The maximum absolute atomic E-state index is 12.0. The van der Waals surface area contributed by atoms with Crippen LogP contribution in [0.1, 0.15) is 13.8 Å². The number of hydrogen-bond donors (Lipinski definition) is 1. The molecule has 0 aliphatic heterocycles. The van der Waals surface area contributed by atoms with E-state index in [4.69, 9.17) is 4.74 Å². The van der Waals surface area contributed by atoms with Crippen molar-refractivity contribution in [3.63, 3.8) is 0 Å². The number of halogens is 1. The Morgan fingerprint density at radius 1 is 1.16 bits per heavy atom. The largest absolute Gasteiger partial charge is 0.369 e. The fraction of sp³-hybridized carbons (Fsp3) is 0.267. The smallest absolute Gasteiger partial charge is 0.256 e. The number of ether oxygens (including phenoxy) is 1. The summed E-state index contributed by atoms with van der Waals surface area (Å²) in [5.74, 6) is -0.161. The second-order valence-electron chi connectivity index (χ2n) is 4.87. The van der Waals surface area contributed by atoms with Crippen molar-refractivity contribution in [1.29, 1.82) is 0 Å². The topological polar surface area (TPSA) is 38.3 Å². The molecular formula is C15H16BrNO2. The summed E-state index contributed by atoms with van der Waals surface area (Å²) in [4.78, 5) is 12.0. The molecule has 0 aromatic heterocycles. The Morgan fingerprint density at radius 2 is 1.79 bits per heavy atom. The zero-order valence-electron chi connectivity index (χ0n) is 11.2. The third-order valence-electron chi connectivity index (χ3n) is 3.12. The van der Waals surface area contributed by atoms with Gasteiger partial charge in [-0.05, 0) is 48.9 Å². The van der Waals surface area contributed by atoms with Gasteiger partial charge in [-0.1, -0.05) is 28.1 Å². The van der Waals surface area contributed by atoms with Crippen LogP contribution >= 0.6 is 15.9 Å². The normalized spacial score (nSPS) is 11.6. The molecule has 2 rings (SSSR count). The van der Waals surface area contributed by atoms with Gasteiger partial charge in [-0.3, -0.25) is 4.79 Å². The van der Waals surface area contributed by atoms with Crippen molar-refractivity contribution in [2.24, 2.45) is 0 Å². The van der Waals surface area contributed by atoms with E-state index in [2.05, 4.69) is 21.2 Å². The van der Waals surface area contributed by atoms with E-state index in [1.165, 1.54) is 7.11 Å². The summed E-state index contributed by atoms with van der Waals surface area (Å²) < 4.78 is 6.20. The summed E-state index contributed by atoms with van der Waals surface area (Å²) in [5, 5.41) is 5.07. The van der Waals surface area contributed by atoms with Gasteiger partial charge < -0.3 is 10.1 Å². The number of carbonyl (C=O) groups excluding carboxylic acids is 1. The van der Waals surface area contributed by atoms with Gasteiger partial charge >= 0.3 is 0 Å². The molecule has 1 amide bonds. The van der Waals surface area contributed by atoms with Gasteiger partial charge in [0.05, 0.1) is 0 Å². The molecule has 4 heteroatoms. The van der Waals surface area contributed by atoms with E-state index in [1.807, 2.05) is 36.4 Å². The van der Waals surface area contributed by atoms with Crippen molar-refractivity contribution >= 4 is 38.3 Å². The summed E-state index contributed by atoms with van der Waals surface area (Å²) in [6.45, 7) is 3.47. The molecule has 0 radical (unpaired) electrons. The molecule has 0 saturated carbocycles. The summed E-state index contributed by atoms with van der Waals surface area (Å²) in [6, 6.07) is 11.9. The lowest BCUT2D eigenvalue weighted by Gasteiger charge is -2.21. The first-order valence-electron chi connectivity index (χ1n) is 5.98.